The van der Waals surface area contributed by atoms with E-state index < -0.39 is 39.6 Å². The van der Waals surface area contributed by atoms with Gasteiger partial charge in [-0.25, -0.2) is 9.59 Å². The molecule has 0 aliphatic carbocycles. The van der Waals surface area contributed by atoms with Crippen molar-refractivity contribution in [2.45, 2.75) is 60.3 Å². The highest BCUT2D eigenvalue weighted by molar-refractivity contribution is 7.86. The second-order valence-corrected chi connectivity index (χ2v) is 12.6. The first-order valence-electron chi connectivity index (χ1n) is 13.5. The first kappa shape index (κ1) is 34.6. The van der Waals surface area contributed by atoms with Gasteiger partial charge in [0.25, 0.3) is 10.1 Å². The molecule has 42 heavy (non-hydrogen) atoms. The summed E-state index contributed by atoms with van der Waals surface area (Å²) in [6.45, 7) is 11.1. The molecule has 0 saturated heterocycles. The van der Waals surface area contributed by atoms with Crippen LogP contribution >= 0.6 is 0 Å². The van der Waals surface area contributed by atoms with Crippen molar-refractivity contribution >= 4 is 22.1 Å². The van der Waals surface area contributed by atoms with Gasteiger partial charge in [-0.1, -0.05) is 62.2 Å². The van der Waals surface area contributed by atoms with Crippen molar-refractivity contribution in [3.8, 4) is 5.75 Å². The number of ether oxygens (including phenoxy) is 2. The fourth-order valence-electron chi connectivity index (χ4n) is 3.80. The highest BCUT2D eigenvalue weighted by atomic mass is 32.2. The first-order valence-corrected chi connectivity index (χ1v) is 15.3. The maximum absolute atomic E-state index is 12.9. The summed E-state index contributed by atoms with van der Waals surface area (Å²) in [5.41, 5.74) is 9.32. The number of aliphatic hydroxyl groups is 1. The molecule has 0 aliphatic rings. The van der Waals surface area contributed by atoms with Crippen LogP contribution in [-0.4, -0.2) is 44.4 Å². The van der Waals surface area contributed by atoms with E-state index in [1.54, 1.807) is 61.5 Å². The van der Waals surface area contributed by atoms with Gasteiger partial charge in [0.15, 0.2) is 0 Å². The lowest BCUT2D eigenvalue weighted by molar-refractivity contribution is 0.0469. The summed E-state index contributed by atoms with van der Waals surface area (Å²) in [6.07, 6.45) is -0.0782. The Balaban J connectivity index is 0.00000197. The molecule has 9 nitrogen and oxygen atoms in total. The normalized spacial score (nSPS) is 12.9. The highest BCUT2D eigenvalue weighted by Crippen LogP contribution is 2.35. The van der Waals surface area contributed by atoms with E-state index in [2.05, 4.69) is 0 Å². The Morgan fingerprint density at radius 2 is 1.52 bits per heavy atom. The Bertz CT molecular complexity index is 1460. The van der Waals surface area contributed by atoms with E-state index in [0.29, 0.717) is 22.3 Å². The fraction of sp³-hybridized carbons (Fsp3) is 0.375. The zero-order valence-electron chi connectivity index (χ0n) is 25.2. The third-order valence-corrected chi connectivity index (χ3v) is 6.68. The minimum Gasteiger partial charge on any atom is -0.457 e. The molecule has 3 rings (SSSR count). The molecule has 2 atom stereocenters. The van der Waals surface area contributed by atoms with Gasteiger partial charge in [-0.3, -0.25) is 4.18 Å². The molecule has 0 radical (unpaired) electrons. The number of rotatable bonds is 9. The standard InChI is InChI=1S/C30H35NO7S.C2H6O/c1-19-10-12-21(13-11-19)28(32)36-18-24-17-22(26(38-39(6,34)35)27(31)30(3,4)5)14-15-25(24)37-29(33)23-9-7-8-20(2)16-23;1-2-3/h7-17,26-27H,18,31H2,1-6H3;3H,2H2,1H3. The van der Waals surface area contributed by atoms with Crippen LogP contribution in [0.2, 0.25) is 0 Å². The zero-order valence-corrected chi connectivity index (χ0v) is 26.0. The van der Waals surface area contributed by atoms with Crippen LogP contribution in [0.4, 0.5) is 0 Å². The predicted octanol–water partition coefficient (Wildman–Crippen LogP) is 5.27. The molecule has 0 heterocycles. The average molecular weight is 600 g/mol. The Morgan fingerprint density at radius 3 is 2.07 bits per heavy atom. The van der Waals surface area contributed by atoms with Crippen molar-refractivity contribution in [1.82, 2.24) is 0 Å². The summed E-state index contributed by atoms with van der Waals surface area (Å²) < 4.78 is 40.9. The molecule has 0 aliphatic heterocycles. The number of hydrogen-bond donors (Lipinski definition) is 2. The molecule has 0 amide bonds. The maximum atomic E-state index is 12.9. The number of carbonyl (C=O) groups is 2. The van der Waals surface area contributed by atoms with Crippen molar-refractivity contribution in [2.75, 3.05) is 12.9 Å². The summed E-state index contributed by atoms with van der Waals surface area (Å²) in [7, 11) is -3.87. The number of nitrogens with two attached hydrogens (primary N) is 1. The van der Waals surface area contributed by atoms with Crippen LogP contribution in [0.1, 0.15) is 76.8 Å². The van der Waals surface area contributed by atoms with E-state index in [1.165, 1.54) is 6.07 Å². The van der Waals surface area contributed by atoms with Crippen molar-refractivity contribution in [3.05, 3.63) is 100 Å². The van der Waals surface area contributed by atoms with E-state index in [-0.39, 0.29) is 19.0 Å². The van der Waals surface area contributed by atoms with Crippen molar-refractivity contribution in [1.29, 1.82) is 0 Å². The first-order chi connectivity index (χ1) is 19.6. The topological polar surface area (TPSA) is 142 Å². The Labute approximate surface area is 248 Å². The molecule has 2 unspecified atom stereocenters. The molecule has 0 spiro atoms. The molecule has 0 fully saturated rings. The Hall–Kier alpha value is -3.57. The van der Waals surface area contributed by atoms with Crippen LogP contribution < -0.4 is 10.5 Å². The largest absolute Gasteiger partial charge is 0.457 e. The Kier molecular flexibility index (Phi) is 12.4. The molecular weight excluding hydrogens is 558 g/mol. The van der Waals surface area contributed by atoms with Gasteiger partial charge in [0.1, 0.15) is 18.5 Å². The lowest BCUT2D eigenvalue weighted by Gasteiger charge is -2.33. The van der Waals surface area contributed by atoms with E-state index in [9.17, 15) is 18.0 Å². The van der Waals surface area contributed by atoms with Crippen LogP contribution in [-0.2, 0) is 25.6 Å². The lowest BCUT2D eigenvalue weighted by Crippen LogP contribution is -2.42. The van der Waals surface area contributed by atoms with Gasteiger partial charge in [0.05, 0.1) is 17.4 Å². The van der Waals surface area contributed by atoms with Gasteiger partial charge in [0.2, 0.25) is 0 Å². The van der Waals surface area contributed by atoms with Gasteiger partial charge in [-0.05, 0) is 68.1 Å². The van der Waals surface area contributed by atoms with Crippen LogP contribution in [0, 0.1) is 19.3 Å². The third kappa shape index (κ3) is 10.7. The molecule has 0 aromatic heterocycles. The van der Waals surface area contributed by atoms with Gasteiger partial charge < -0.3 is 20.3 Å². The Morgan fingerprint density at radius 1 is 0.905 bits per heavy atom. The van der Waals surface area contributed by atoms with E-state index in [1.807, 2.05) is 40.7 Å². The zero-order chi connectivity index (χ0) is 31.7. The molecule has 0 saturated carbocycles. The molecule has 3 aromatic rings. The summed E-state index contributed by atoms with van der Waals surface area (Å²) in [5.74, 6) is -0.996. The number of benzene rings is 3. The second kappa shape index (κ2) is 15.1. The van der Waals surface area contributed by atoms with Crippen molar-refractivity contribution in [2.24, 2.45) is 11.1 Å². The molecule has 3 N–H and O–H groups in total. The smallest absolute Gasteiger partial charge is 0.343 e. The number of aliphatic hydroxyl groups excluding tert-OH is 1. The molecular formula is C32H41NO8S. The molecule has 228 valence electrons. The minimum absolute atomic E-state index is 0.157. The molecule has 10 heteroatoms. The quantitative estimate of drug-likeness (QED) is 0.191. The van der Waals surface area contributed by atoms with Gasteiger partial charge >= 0.3 is 11.9 Å². The summed E-state index contributed by atoms with van der Waals surface area (Å²) in [4.78, 5) is 25.6. The lowest BCUT2D eigenvalue weighted by atomic mass is 9.81. The van der Waals surface area contributed by atoms with Crippen LogP contribution in [0.3, 0.4) is 0 Å². The van der Waals surface area contributed by atoms with Crippen LogP contribution in [0.5, 0.6) is 5.75 Å². The van der Waals surface area contributed by atoms with E-state index in [0.717, 1.165) is 17.4 Å². The van der Waals surface area contributed by atoms with Gasteiger partial charge in [-0.15, -0.1) is 0 Å². The minimum atomic E-state index is -3.87. The van der Waals surface area contributed by atoms with Crippen molar-refractivity contribution < 1.29 is 36.8 Å². The van der Waals surface area contributed by atoms with Crippen LogP contribution in [0.25, 0.3) is 0 Å². The van der Waals surface area contributed by atoms with Gasteiger partial charge in [-0.2, -0.15) is 8.42 Å². The highest BCUT2D eigenvalue weighted by Gasteiger charge is 2.34. The number of aryl methyl sites for hydroxylation is 2. The molecule has 3 aromatic carbocycles. The maximum Gasteiger partial charge on any atom is 0.343 e. The van der Waals surface area contributed by atoms with Gasteiger partial charge in [0, 0.05) is 18.2 Å². The third-order valence-electron chi connectivity index (χ3n) is 6.12. The monoisotopic (exact) mass is 599 g/mol. The van der Waals surface area contributed by atoms with Crippen molar-refractivity contribution in [3.63, 3.8) is 0 Å². The predicted molar refractivity (Wildman–Crippen MR) is 162 cm³/mol. The average Bonchev–Trinajstić information content (AvgIpc) is 2.90. The van der Waals surface area contributed by atoms with E-state index in [4.69, 9.17) is 24.5 Å². The second-order valence-electron chi connectivity index (χ2n) is 11.0. The summed E-state index contributed by atoms with van der Waals surface area (Å²) in [6, 6.07) is 17.8. The number of carbonyl (C=O) groups excluding carboxylic acids is 2. The summed E-state index contributed by atoms with van der Waals surface area (Å²) in [5, 5.41) is 7.57. The number of esters is 2. The van der Waals surface area contributed by atoms with E-state index >= 15 is 0 Å². The van der Waals surface area contributed by atoms with Crippen LogP contribution in [0.15, 0.2) is 66.7 Å². The fourth-order valence-corrected chi connectivity index (χ4v) is 4.41. The number of hydrogen-bond acceptors (Lipinski definition) is 9. The summed E-state index contributed by atoms with van der Waals surface area (Å²) >= 11 is 0. The molecule has 0 bridgehead atoms. The SMILES string of the molecule is CCO.Cc1ccc(C(=O)OCc2cc(C(OS(C)(=O)=O)C(N)C(C)(C)C)ccc2OC(=O)c2cccc(C)c2)cc1.